The van der Waals surface area contributed by atoms with Crippen molar-refractivity contribution in [1.29, 1.82) is 0 Å². The van der Waals surface area contributed by atoms with Gasteiger partial charge in [0.1, 0.15) is 0 Å². The lowest BCUT2D eigenvalue weighted by molar-refractivity contribution is 0.589. The van der Waals surface area contributed by atoms with E-state index in [2.05, 4.69) is 95.7 Å². The quantitative estimate of drug-likeness (QED) is 0.618. The van der Waals surface area contributed by atoms with Crippen LogP contribution in [-0.4, -0.2) is 0 Å². The minimum absolute atomic E-state index is 0.0894. The first-order valence-corrected chi connectivity index (χ1v) is 8.47. The van der Waals surface area contributed by atoms with Gasteiger partial charge < -0.3 is 5.73 Å². The van der Waals surface area contributed by atoms with E-state index in [1.165, 1.54) is 9.13 Å². The van der Waals surface area contributed by atoms with Crippen molar-refractivity contribution in [2.75, 3.05) is 0 Å². The molecule has 2 aromatic rings. The molecule has 0 aliphatic carbocycles. The van der Waals surface area contributed by atoms with Crippen molar-refractivity contribution >= 4 is 38.5 Å². The number of hydrogen-bond donors (Lipinski definition) is 1. The minimum Gasteiger partial charge on any atom is -0.320 e. The van der Waals surface area contributed by atoms with Crippen molar-refractivity contribution in [2.45, 2.75) is 32.2 Å². The first-order valence-electron chi connectivity index (χ1n) is 6.60. The average molecular weight is 444 g/mol. The fourth-order valence-electron chi connectivity index (χ4n) is 2.12. The van der Waals surface area contributed by atoms with Gasteiger partial charge in [-0.05, 0) is 62.9 Å². The van der Waals surface area contributed by atoms with Gasteiger partial charge in [-0.15, -0.1) is 0 Å². The lowest BCUT2D eigenvalue weighted by Crippen LogP contribution is -2.15. The second-order valence-electron chi connectivity index (χ2n) is 6.02. The van der Waals surface area contributed by atoms with E-state index in [1.807, 2.05) is 6.07 Å². The summed E-state index contributed by atoms with van der Waals surface area (Å²) in [4.78, 5) is 0. The van der Waals surface area contributed by atoms with Gasteiger partial charge in [-0.3, -0.25) is 0 Å². The highest BCUT2D eigenvalue weighted by molar-refractivity contribution is 14.1. The lowest BCUT2D eigenvalue weighted by Gasteiger charge is -2.21. The molecule has 0 radical (unpaired) electrons. The molecule has 0 fully saturated rings. The van der Waals surface area contributed by atoms with Crippen molar-refractivity contribution in [3.8, 4) is 0 Å². The van der Waals surface area contributed by atoms with Crippen molar-refractivity contribution in [3.63, 3.8) is 0 Å². The van der Waals surface area contributed by atoms with E-state index < -0.39 is 0 Å². The molecule has 0 saturated carbocycles. The fraction of sp³-hybridized carbons (Fsp3) is 0.294. The predicted octanol–water partition coefficient (Wildman–Crippen LogP) is 5.40. The summed E-state index contributed by atoms with van der Waals surface area (Å²) in [5.74, 6) is 0. The Morgan fingerprint density at radius 2 is 1.65 bits per heavy atom. The Bertz CT molecular complexity index is 599. The maximum Gasteiger partial charge on any atom is 0.0562 e. The molecular weight excluding hydrogens is 425 g/mol. The van der Waals surface area contributed by atoms with Gasteiger partial charge in [0.2, 0.25) is 0 Å². The van der Waals surface area contributed by atoms with Crippen LogP contribution in [0.3, 0.4) is 0 Å². The van der Waals surface area contributed by atoms with Crippen molar-refractivity contribution < 1.29 is 0 Å². The number of rotatable bonds is 2. The SMILES string of the molecule is CC(C)(C)c1ccc(C(N)c2cc(Br)ccc2I)cc1. The van der Waals surface area contributed by atoms with E-state index in [4.69, 9.17) is 5.73 Å². The Kier molecular flexibility index (Phi) is 4.92. The Balaban J connectivity index is 2.34. The molecule has 0 aromatic heterocycles. The van der Waals surface area contributed by atoms with Crippen LogP contribution in [0.2, 0.25) is 0 Å². The van der Waals surface area contributed by atoms with Crippen LogP contribution in [0, 0.1) is 3.57 Å². The van der Waals surface area contributed by atoms with Gasteiger partial charge >= 0.3 is 0 Å². The molecule has 2 N–H and O–H groups in total. The van der Waals surface area contributed by atoms with Crippen molar-refractivity contribution in [2.24, 2.45) is 5.73 Å². The molecule has 20 heavy (non-hydrogen) atoms. The van der Waals surface area contributed by atoms with Gasteiger partial charge in [0.15, 0.2) is 0 Å². The summed E-state index contributed by atoms with van der Waals surface area (Å²) in [6, 6.07) is 14.8. The Hall–Kier alpha value is -0.390. The molecule has 1 unspecified atom stereocenters. The average Bonchev–Trinajstić information content (AvgIpc) is 2.40. The molecule has 0 saturated heterocycles. The van der Waals surface area contributed by atoms with Crippen LogP contribution < -0.4 is 5.73 Å². The van der Waals surface area contributed by atoms with Gasteiger partial charge in [0.25, 0.3) is 0 Å². The van der Waals surface area contributed by atoms with Crippen LogP contribution >= 0.6 is 38.5 Å². The molecule has 0 aliphatic rings. The van der Waals surface area contributed by atoms with Crippen LogP contribution in [-0.2, 0) is 5.41 Å². The van der Waals surface area contributed by atoms with Crippen molar-refractivity contribution in [3.05, 3.63) is 67.2 Å². The molecule has 0 amide bonds. The Labute approximate surface area is 143 Å². The van der Waals surface area contributed by atoms with Crippen LogP contribution in [0.25, 0.3) is 0 Å². The first-order chi connectivity index (χ1) is 9.29. The topological polar surface area (TPSA) is 26.0 Å². The summed E-state index contributed by atoms with van der Waals surface area (Å²) in [7, 11) is 0. The third-order valence-electron chi connectivity index (χ3n) is 3.43. The van der Waals surface area contributed by atoms with Gasteiger partial charge in [-0.1, -0.05) is 61.0 Å². The maximum atomic E-state index is 6.42. The molecule has 3 heteroatoms. The number of benzene rings is 2. The second-order valence-corrected chi connectivity index (χ2v) is 8.09. The lowest BCUT2D eigenvalue weighted by atomic mass is 9.86. The van der Waals surface area contributed by atoms with E-state index in [-0.39, 0.29) is 11.5 Å². The molecule has 0 heterocycles. The molecule has 0 spiro atoms. The molecule has 106 valence electrons. The summed E-state index contributed by atoms with van der Waals surface area (Å²) >= 11 is 5.85. The zero-order valence-corrected chi connectivity index (χ0v) is 15.7. The number of hydrogen-bond acceptors (Lipinski definition) is 1. The Morgan fingerprint density at radius 1 is 1.05 bits per heavy atom. The summed E-state index contributed by atoms with van der Waals surface area (Å²) in [5, 5.41) is 0. The number of nitrogens with two attached hydrogens (primary N) is 1. The zero-order chi connectivity index (χ0) is 14.9. The highest BCUT2D eigenvalue weighted by Crippen LogP contribution is 2.29. The zero-order valence-electron chi connectivity index (χ0n) is 12.0. The normalized spacial score (nSPS) is 13.3. The highest BCUT2D eigenvalue weighted by Gasteiger charge is 2.16. The highest BCUT2D eigenvalue weighted by atomic mass is 127. The first kappa shape index (κ1) is 16.0. The smallest absolute Gasteiger partial charge is 0.0562 e. The monoisotopic (exact) mass is 443 g/mol. The molecule has 1 nitrogen and oxygen atoms in total. The molecule has 0 aliphatic heterocycles. The van der Waals surface area contributed by atoms with Crippen LogP contribution in [0.1, 0.15) is 43.5 Å². The molecule has 0 bridgehead atoms. The largest absolute Gasteiger partial charge is 0.320 e. The maximum absolute atomic E-state index is 6.42. The molecule has 1 atom stereocenters. The third-order valence-corrected chi connectivity index (χ3v) is 4.90. The van der Waals surface area contributed by atoms with Crippen LogP contribution in [0.15, 0.2) is 46.9 Å². The summed E-state index contributed by atoms with van der Waals surface area (Å²) in [6.45, 7) is 6.66. The Morgan fingerprint density at radius 3 is 2.20 bits per heavy atom. The van der Waals surface area contributed by atoms with Gasteiger partial charge in [-0.2, -0.15) is 0 Å². The van der Waals surface area contributed by atoms with Gasteiger partial charge in [0, 0.05) is 8.04 Å². The molecule has 2 aromatic carbocycles. The fourth-order valence-corrected chi connectivity index (χ4v) is 3.17. The molecular formula is C17H19BrIN. The second kappa shape index (κ2) is 6.16. The van der Waals surface area contributed by atoms with Crippen LogP contribution in [0.5, 0.6) is 0 Å². The van der Waals surface area contributed by atoms with Crippen LogP contribution in [0.4, 0.5) is 0 Å². The summed E-state index contributed by atoms with van der Waals surface area (Å²) in [5.41, 5.74) is 10.2. The van der Waals surface area contributed by atoms with Crippen molar-refractivity contribution in [1.82, 2.24) is 0 Å². The van der Waals surface area contributed by atoms with E-state index in [0.717, 1.165) is 15.6 Å². The van der Waals surface area contributed by atoms with E-state index in [0.29, 0.717) is 0 Å². The predicted molar refractivity (Wildman–Crippen MR) is 98.0 cm³/mol. The summed E-state index contributed by atoms with van der Waals surface area (Å²) < 4.78 is 2.26. The third kappa shape index (κ3) is 3.62. The van der Waals surface area contributed by atoms with Gasteiger partial charge in [0.05, 0.1) is 6.04 Å². The number of halogens is 2. The van der Waals surface area contributed by atoms with E-state index in [9.17, 15) is 0 Å². The standard InChI is InChI=1S/C17H19BrIN/c1-17(2,3)12-6-4-11(5-7-12)16(20)14-10-13(18)8-9-15(14)19/h4-10,16H,20H2,1-3H3. The minimum atomic E-state index is -0.0894. The molecule has 2 rings (SSSR count). The summed E-state index contributed by atoms with van der Waals surface area (Å²) in [6.07, 6.45) is 0. The van der Waals surface area contributed by atoms with E-state index >= 15 is 0 Å². The van der Waals surface area contributed by atoms with Gasteiger partial charge in [-0.25, -0.2) is 0 Å². The van der Waals surface area contributed by atoms with E-state index in [1.54, 1.807) is 0 Å².